The van der Waals surface area contributed by atoms with Gasteiger partial charge in [-0.25, -0.2) is 14.2 Å². The highest BCUT2D eigenvalue weighted by atomic mass is 19.1. The Balaban J connectivity index is 1.65. The molecule has 1 aliphatic carbocycles. The van der Waals surface area contributed by atoms with Gasteiger partial charge in [-0.3, -0.25) is 9.69 Å². The second-order valence-electron chi connectivity index (χ2n) is 9.79. The maximum Gasteiger partial charge on any atom is 0.414 e. The molecule has 3 aromatic rings. The fraction of sp³-hybridized carbons (Fsp3) is 0.444. The van der Waals surface area contributed by atoms with Gasteiger partial charge in [0.05, 0.1) is 42.5 Å². The number of nitrogens with one attached hydrogen (secondary N) is 1. The van der Waals surface area contributed by atoms with Crippen LogP contribution in [0.3, 0.4) is 0 Å². The monoisotopic (exact) mass is 510 g/mol. The number of anilines is 3. The Morgan fingerprint density at radius 3 is 2.68 bits per heavy atom. The van der Waals surface area contributed by atoms with Gasteiger partial charge in [-0.1, -0.05) is 6.42 Å². The van der Waals surface area contributed by atoms with Gasteiger partial charge < -0.3 is 24.5 Å². The molecule has 0 bridgehead atoms. The number of methoxy groups -OCH3 is 2. The Morgan fingerprint density at radius 1 is 1.16 bits per heavy atom. The van der Waals surface area contributed by atoms with Gasteiger partial charge in [0.25, 0.3) is 0 Å². The lowest BCUT2D eigenvalue weighted by molar-refractivity contribution is -0.143. The van der Waals surface area contributed by atoms with Crippen LogP contribution in [-0.2, 0) is 16.0 Å². The van der Waals surface area contributed by atoms with Crippen molar-refractivity contribution in [1.29, 1.82) is 0 Å². The van der Waals surface area contributed by atoms with Crippen molar-refractivity contribution in [3.05, 3.63) is 41.7 Å². The van der Waals surface area contributed by atoms with Crippen molar-refractivity contribution >= 4 is 40.4 Å². The van der Waals surface area contributed by atoms with Crippen molar-refractivity contribution in [3.63, 3.8) is 0 Å². The van der Waals surface area contributed by atoms with Crippen molar-refractivity contribution in [2.45, 2.75) is 57.5 Å². The Hall–Kier alpha value is -3.82. The minimum Gasteiger partial charge on any atom is -0.497 e. The number of carboxylic acids is 1. The van der Waals surface area contributed by atoms with Gasteiger partial charge in [0.1, 0.15) is 11.6 Å². The van der Waals surface area contributed by atoms with Gasteiger partial charge in [-0.2, -0.15) is 0 Å². The quantitative estimate of drug-likeness (QED) is 0.457. The van der Waals surface area contributed by atoms with E-state index in [-0.39, 0.29) is 17.8 Å². The van der Waals surface area contributed by atoms with Crippen LogP contribution in [0.1, 0.15) is 50.6 Å². The molecule has 0 spiro atoms. The first kappa shape index (κ1) is 24.9. The molecule has 196 valence electrons. The summed E-state index contributed by atoms with van der Waals surface area (Å²) < 4.78 is 27.1. The minimum atomic E-state index is -0.801. The van der Waals surface area contributed by atoms with Crippen molar-refractivity contribution in [1.82, 2.24) is 9.55 Å². The third-order valence-corrected chi connectivity index (χ3v) is 7.61. The van der Waals surface area contributed by atoms with Crippen molar-refractivity contribution in [2.24, 2.45) is 5.92 Å². The molecule has 1 aromatic heterocycles. The van der Waals surface area contributed by atoms with E-state index in [1.807, 2.05) is 23.6 Å². The number of benzene rings is 2. The lowest BCUT2D eigenvalue weighted by Gasteiger charge is -2.34. The highest BCUT2D eigenvalue weighted by Crippen LogP contribution is 2.42. The number of fused-ring (bicyclic) bond motifs is 3. The Labute approximate surface area is 214 Å². The number of carbonyl (C=O) groups is 2. The summed E-state index contributed by atoms with van der Waals surface area (Å²) in [6, 6.07) is 8.22. The summed E-state index contributed by atoms with van der Waals surface area (Å²) in [5.74, 6) is -0.899. The van der Waals surface area contributed by atoms with Gasteiger partial charge in [-0.05, 0) is 63.3 Å². The predicted octanol–water partition coefficient (Wildman–Crippen LogP) is 5.65. The van der Waals surface area contributed by atoms with Gasteiger partial charge in [0, 0.05) is 23.7 Å². The number of carboxylic acid groups (broad SMARTS) is 1. The summed E-state index contributed by atoms with van der Waals surface area (Å²) in [5, 5.41) is 12.8. The first-order valence-corrected chi connectivity index (χ1v) is 12.6. The van der Waals surface area contributed by atoms with E-state index in [1.165, 1.54) is 20.3 Å². The lowest BCUT2D eigenvalue weighted by atomic mass is 9.85. The maximum atomic E-state index is 14.9. The molecule has 1 amide bonds. The van der Waals surface area contributed by atoms with Crippen LogP contribution in [0, 0.1) is 11.7 Å². The zero-order chi connectivity index (χ0) is 26.3. The van der Waals surface area contributed by atoms with E-state index in [0.717, 1.165) is 42.5 Å². The molecular formula is C27H31FN4O5. The van der Waals surface area contributed by atoms with E-state index >= 15 is 0 Å². The topological polar surface area (TPSA) is 106 Å². The predicted molar refractivity (Wildman–Crippen MR) is 137 cm³/mol. The van der Waals surface area contributed by atoms with Crippen LogP contribution < -0.4 is 15.0 Å². The zero-order valence-electron chi connectivity index (χ0n) is 21.2. The molecule has 1 aliphatic heterocycles. The third kappa shape index (κ3) is 4.45. The largest absolute Gasteiger partial charge is 0.497 e. The van der Waals surface area contributed by atoms with Crippen LogP contribution in [-0.4, -0.2) is 47.0 Å². The molecular weight excluding hydrogens is 479 g/mol. The minimum absolute atomic E-state index is 0.0276. The number of ether oxygens (including phenoxy) is 2. The van der Waals surface area contributed by atoms with Crippen LogP contribution in [0.4, 0.5) is 26.5 Å². The number of carbonyl (C=O) groups excluding carboxylic acids is 1. The van der Waals surface area contributed by atoms with E-state index in [4.69, 9.17) is 14.5 Å². The molecule has 2 aliphatic rings. The standard InChI is InChI=1S/C27H31FN4O5/c1-15-7-9-19-22(31(15)27(35)37-3)11-12-23-24(19)30-26(29-21-10-8-18(36-2)14-20(21)28)32(23)17-6-4-5-16(13-17)25(33)34/h8,10-12,14-17H,4-7,9,13H2,1-3H3,(H,29,30)(H,33,34)/t15?,16-,17-/m1/s1. The van der Waals surface area contributed by atoms with Gasteiger partial charge in [0.15, 0.2) is 0 Å². The lowest BCUT2D eigenvalue weighted by Crippen LogP contribution is -2.42. The summed E-state index contributed by atoms with van der Waals surface area (Å²) in [6.07, 6.45) is 3.69. The van der Waals surface area contributed by atoms with Crippen LogP contribution >= 0.6 is 0 Å². The molecule has 1 fully saturated rings. The molecule has 0 saturated heterocycles. The van der Waals surface area contributed by atoms with Crippen LogP contribution in [0.25, 0.3) is 11.0 Å². The number of aliphatic carboxylic acids is 1. The fourth-order valence-corrected chi connectivity index (χ4v) is 5.70. The molecule has 3 atom stereocenters. The van der Waals surface area contributed by atoms with E-state index in [2.05, 4.69) is 5.32 Å². The molecule has 10 heteroatoms. The molecule has 9 nitrogen and oxygen atoms in total. The van der Waals surface area contributed by atoms with E-state index in [1.54, 1.807) is 17.0 Å². The molecule has 37 heavy (non-hydrogen) atoms. The highest BCUT2D eigenvalue weighted by Gasteiger charge is 2.34. The first-order valence-electron chi connectivity index (χ1n) is 12.6. The normalized spacial score (nSPS) is 21.4. The zero-order valence-corrected chi connectivity index (χ0v) is 21.2. The van der Waals surface area contributed by atoms with Crippen LogP contribution in [0.5, 0.6) is 5.75 Å². The number of aryl methyl sites for hydroxylation is 1. The number of imidazole rings is 1. The number of hydrogen-bond acceptors (Lipinski definition) is 6. The molecule has 0 radical (unpaired) electrons. The number of hydrogen-bond donors (Lipinski definition) is 2. The third-order valence-electron chi connectivity index (χ3n) is 7.61. The van der Waals surface area contributed by atoms with Crippen LogP contribution in [0.15, 0.2) is 30.3 Å². The Morgan fingerprint density at radius 2 is 1.97 bits per heavy atom. The smallest absolute Gasteiger partial charge is 0.414 e. The fourth-order valence-electron chi connectivity index (χ4n) is 5.70. The molecule has 1 saturated carbocycles. The average molecular weight is 511 g/mol. The molecule has 1 unspecified atom stereocenters. The second kappa shape index (κ2) is 9.91. The number of nitrogens with zero attached hydrogens (tertiary/aromatic N) is 3. The molecule has 5 rings (SSSR count). The summed E-state index contributed by atoms with van der Waals surface area (Å²) in [7, 11) is 2.84. The number of amides is 1. The first-order chi connectivity index (χ1) is 17.8. The van der Waals surface area contributed by atoms with Gasteiger partial charge >= 0.3 is 12.1 Å². The number of aromatic nitrogens is 2. The molecule has 2 heterocycles. The number of halogens is 1. The summed E-state index contributed by atoms with van der Waals surface area (Å²) in [6.45, 7) is 1.98. The Kier molecular flexibility index (Phi) is 6.66. The highest BCUT2D eigenvalue weighted by molar-refractivity contribution is 5.96. The Bertz CT molecular complexity index is 1360. The van der Waals surface area contributed by atoms with Gasteiger partial charge in [0.2, 0.25) is 5.95 Å². The van der Waals surface area contributed by atoms with Crippen molar-refractivity contribution in [2.75, 3.05) is 24.4 Å². The number of rotatable bonds is 5. The van der Waals surface area contributed by atoms with E-state index < -0.39 is 23.8 Å². The summed E-state index contributed by atoms with van der Waals surface area (Å²) in [5.41, 5.74) is 3.44. The van der Waals surface area contributed by atoms with E-state index in [9.17, 15) is 19.1 Å². The summed E-state index contributed by atoms with van der Waals surface area (Å²) in [4.78, 5) is 31.0. The summed E-state index contributed by atoms with van der Waals surface area (Å²) >= 11 is 0. The van der Waals surface area contributed by atoms with Crippen molar-refractivity contribution in [3.8, 4) is 5.75 Å². The molecule has 2 N–H and O–H groups in total. The van der Waals surface area contributed by atoms with Crippen molar-refractivity contribution < 1.29 is 28.6 Å². The SMILES string of the molecule is COC(=O)N1c2ccc3c(nc(Nc4ccc(OC)cc4F)n3[C@@H]3CCC[C@@H](C(=O)O)C3)c2CCC1C. The molecule has 2 aromatic carbocycles. The van der Waals surface area contributed by atoms with Gasteiger partial charge in [-0.15, -0.1) is 0 Å². The maximum absolute atomic E-state index is 14.9. The second-order valence-corrected chi connectivity index (χ2v) is 9.79. The van der Waals surface area contributed by atoms with E-state index in [0.29, 0.717) is 30.1 Å². The van der Waals surface area contributed by atoms with Crippen LogP contribution in [0.2, 0.25) is 0 Å². The average Bonchev–Trinajstić information content (AvgIpc) is 3.27.